The number of amides is 1. The molecule has 1 saturated heterocycles. The molecule has 1 aromatic rings. The monoisotopic (exact) mass is 263 g/mol. The summed E-state index contributed by atoms with van der Waals surface area (Å²) in [6.07, 6.45) is -0.124. The van der Waals surface area contributed by atoms with E-state index in [4.69, 9.17) is 4.74 Å². The van der Waals surface area contributed by atoms with Gasteiger partial charge in [-0.15, -0.1) is 0 Å². The zero-order valence-electron chi connectivity index (χ0n) is 11.7. The Bertz CT molecular complexity index is 472. The third-order valence-electron chi connectivity index (χ3n) is 3.55. The van der Waals surface area contributed by atoms with Gasteiger partial charge in [0.1, 0.15) is 11.9 Å². The topological polar surface area (TPSA) is 49.8 Å². The van der Waals surface area contributed by atoms with Crippen molar-refractivity contribution >= 4 is 5.91 Å². The summed E-state index contributed by atoms with van der Waals surface area (Å²) in [5.41, 5.74) is 1.81. The summed E-state index contributed by atoms with van der Waals surface area (Å²) in [5, 5.41) is 10.3. The largest absolute Gasteiger partial charge is 0.496 e. The van der Waals surface area contributed by atoms with Crippen molar-refractivity contribution in [1.29, 1.82) is 0 Å². The van der Waals surface area contributed by atoms with Crippen molar-refractivity contribution in [3.05, 3.63) is 29.3 Å². The van der Waals surface area contributed by atoms with E-state index in [0.29, 0.717) is 24.6 Å². The number of aliphatic hydroxyl groups excluding tert-OH is 1. The molecule has 1 fully saturated rings. The van der Waals surface area contributed by atoms with Crippen molar-refractivity contribution in [2.24, 2.45) is 5.92 Å². The van der Waals surface area contributed by atoms with Crippen LogP contribution in [0.25, 0.3) is 0 Å². The van der Waals surface area contributed by atoms with Crippen molar-refractivity contribution in [2.75, 3.05) is 20.2 Å². The summed E-state index contributed by atoms with van der Waals surface area (Å²) in [5.74, 6) is 1.16. The van der Waals surface area contributed by atoms with Gasteiger partial charge in [0.2, 0.25) is 5.91 Å². The molecule has 19 heavy (non-hydrogen) atoms. The van der Waals surface area contributed by atoms with E-state index in [1.54, 1.807) is 12.0 Å². The van der Waals surface area contributed by atoms with Crippen molar-refractivity contribution < 1.29 is 14.6 Å². The first kappa shape index (κ1) is 13.9. The summed E-state index contributed by atoms with van der Waals surface area (Å²) in [7, 11) is 1.59. The molecule has 1 aliphatic rings. The van der Waals surface area contributed by atoms with Gasteiger partial charge in [-0.05, 0) is 25.0 Å². The Morgan fingerprint density at radius 3 is 2.84 bits per heavy atom. The van der Waals surface area contributed by atoms with Crippen LogP contribution in [0, 0.1) is 12.8 Å². The van der Waals surface area contributed by atoms with E-state index in [-0.39, 0.29) is 5.91 Å². The van der Waals surface area contributed by atoms with Gasteiger partial charge in [0.05, 0.1) is 13.7 Å². The number of ether oxygens (including phenoxy) is 1. The van der Waals surface area contributed by atoms with Crippen LogP contribution in [0.3, 0.4) is 0 Å². The lowest BCUT2D eigenvalue weighted by molar-refractivity contribution is -0.129. The van der Waals surface area contributed by atoms with Crippen LogP contribution in [0.5, 0.6) is 5.75 Å². The average Bonchev–Trinajstić information content (AvgIpc) is 2.67. The molecule has 2 unspecified atom stereocenters. The molecule has 104 valence electrons. The van der Waals surface area contributed by atoms with Gasteiger partial charge in [-0.1, -0.05) is 18.6 Å². The highest BCUT2D eigenvalue weighted by Crippen LogP contribution is 2.28. The number of methoxy groups -OCH3 is 1. The van der Waals surface area contributed by atoms with Crippen molar-refractivity contribution in [1.82, 2.24) is 4.90 Å². The summed E-state index contributed by atoms with van der Waals surface area (Å²) in [6.45, 7) is 5.09. The molecule has 2 atom stereocenters. The smallest absolute Gasteiger partial charge is 0.223 e. The molecule has 0 aromatic heterocycles. The second kappa shape index (κ2) is 5.61. The lowest BCUT2D eigenvalue weighted by Crippen LogP contribution is -2.30. The number of nitrogens with zero attached hydrogens (tertiary/aromatic N) is 1. The highest BCUT2D eigenvalue weighted by Gasteiger charge is 2.28. The number of aryl methyl sites for hydroxylation is 1. The van der Waals surface area contributed by atoms with Crippen LogP contribution in [-0.2, 0) is 4.79 Å². The number of likely N-dealkylation sites (tertiary alicyclic amines) is 1. The molecular formula is C15H21NO3. The number of rotatable bonds is 4. The molecule has 0 aliphatic carbocycles. The molecule has 1 heterocycles. The number of hydrogen-bond acceptors (Lipinski definition) is 3. The lowest BCUT2D eigenvalue weighted by atomic mass is 10.0. The van der Waals surface area contributed by atoms with Gasteiger partial charge in [-0.3, -0.25) is 4.79 Å². The normalized spacial score (nSPS) is 20.7. The molecule has 0 spiro atoms. The molecule has 0 bridgehead atoms. The van der Waals surface area contributed by atoms with Crippen LogP contribution in [0.2, 0.25) is 0 Å². The van der Waals surface area contributed by atoms with Crippen LogP contribution >= 0.6 is 0 Å². The van der Waals surface area contributed by atoms with E-state index < -0.39 is 6.10 Å². The van der Waals surface area contributed by atoms with Gasteiger partial charge in [-0.2, -0.15) is 0 Å². The van der Waals surface area contributed by atoms with E-state index in [1.165, 1.54) is 0 Å². The van der Waals surface area contributed by atoms with Gasteiger partial charge in [0, 0.05) is 18.5 Å². The Labute approximate surface area is 114 Å². The number of carbonyl (C=O) groups is 1. The maximum Gasteiger partial charge on any atom is 0.223 e. The van der Waals surface area contributed by atoms with Crippen LogP contribution in [0.4, 0.5) is 0 Å². The molecule has 1 aliphatic heterocycles. The molecule has 0 radical (unpaired) electrons. The summed E-state index contributed by atoms with van der Waals surface area (Å²) in [6, 6.07) is 5.70. The van der Waals surface area contributed by atoms with Gasteiger partial charge in [0.15, 0.2) is 0 Å². The predicted molar refractivity (Wildman–Crippen MR) is 73.1 cm³/mol. The van der Waals surface area contributed by atoms with E-state index in [0.717, 1.165) is 17.7 Å². The highest BCUT2D eigenvalue weighted by molar-refractivity contribution is 5.78. The SMILES string of the molecule is COc1ccc(C)cc1C(O)CN1CC(C)CC1=O. The molecule has 2 rings (SSSR count). The van der Waals surface area contributed by atoms with Crippen molar-refractivity contribution in [3.63, 3.8) is 0 Å². The first-order valence-corrected chi connectivity index (χ1v) is 6.61. The summed E-state index contributed by atoms with van der Waals surface area (Å²) < 4.78 is 5.27. The number of aliphatic hydroxyl groups is 1. The maximum absolute atomic E-state index is 11.8. The van der Waals surface area contributed by atoms with E-state index in [2.05, 4.69) is 6.92 Å². The Morgan fingerprint density at radius 2 is 2.26 bits per heavy atom. The number of carbonyl (C=O) groups excluding carboxylic acids is 1. The first-order chi connectivity index (χ1) is 9.01. The van der Waals surface area contributed by atoms with Crippen LogP contribution in [-0.4, -0.2) is 36.1 Å². The molecular weight excluding hydrogens is 242 g/mol. The van der Waals surface area contributed by atoms with Gasteiger partial charge < -0.3 is 14.7 Å². The molecule has 1 amide bonds. The second-order valence-electron chi connectivity index (χ2n) is 5.37. The molecule has 4 nitrogen and oxygen atoms in total. The first-order valence-electron chi connectivity index (χ1n) is 6.61. The fraction of sp³-hybridized carbons (Fsp3) is 0.533. The Kier molecular flexibility index (Phi) is 4.10. The minimum Gasteiger partial charge on any atom is -0.496 e. The van der Waals surface area contributed by atoms with Gasteiger partial charge in [0.25, 0.3) is 0 Å². The summed E-state index contributed by atoms with van der Waals surface area (Å²) >= 11 is 0. The fourth-order valence-corrected chi connectivity index (χ4v) is 2.57. The molecule has 1 N–H and O–H groups in total. The van der Waals surface area contributed by atoms with E-state index >= 15 is 0 Å². The zero-order valence-corrected chi connectivity index (χ0v) is 11.7. The standard InChI is InChI=1S/C15H21NO3/c1-10-4-5-14(19-3)12(6-10)13(17)9-16-8-11(2)7-15(16)18/h4-6,11,13,17H,7-9H2,1-3H3. The zero-order chi connectivity index (χ0) is 14.0. The van der Waals surface area contributed by atoms with Crippen molar-refractivity contribution in [3.8, 4) is 5.75 Å². The number of β-amino-alcohol motifs (C(OH)–C–C–N with tert-alkyl or cyclic N) is 1. The minimum absolute atomic E-state index is 0.123. The predicted octanol–water partition coefficient (Wildman–Crippen LogP) is 1.91. The molecule has 4 heteroatoms. The second-order valence-corrected chi connectivity index (χ2v) is 5.37. The van der Waals surface area contributed by atoms with Gasteiger partial charge >= 0.3 is 0 Å². The average molecular weight is 263 g/mol. The Morgan fingerprint density at radius 1 is 1.53 bits per heavy atom. The number of benzene rings is 1. The molecule has 1 aromatic carbocycles. The quantitative estimate of drug-likeness (QED) is 0.902. The van der Waals surface area contributed by atoms with Crippen molar-refractivity contribution in [2.45, 2.75) is 26.4 Å². The third kappa shape index (κ3) is 3.07. The van der Waals surface area contributed by atoms with Crippen LogP contribution in [0.1, 0.15) is 30.6 Å². The highest BCUT2D eigenvalue weighted by atomic mass is 16.5. The lowest BCUT2D eigenvalue weighted by Gasteiger charge is -2.22. The third-order valence-corrected chi connectivity index (χ3v) is 3.55. The maximum atomic E-state index is 11.8. The van der Waals surface area contributed by atoms with E-state index in [1.807, 2.05) is 25.1 Å². The molecule has 0 saturated carbocycles. The number of hydrogen-bond donors (Lipinski definition) is 1. The van der Waals surface area contributed by atoms with Crippen LogP contribution < -0.4 is 4.74 Å². The summed E-state index contributed by atoms with van der Waals surface area (Å²) in [4.78, 5) is 13.5. The van der Waals surface area contributed by atoms with Gasteiger partial charge in [-0.25, -0.2) is 0 Å². The Balaban J connectivity index is 2.13. The van der Waals surface area contributed by atoms with Crippen LogP contribution in [0.15, 0.2) is 18.2 Å². The minimum atomic E-state index is -0.705. The fourth-order valence-electron chi connectivity index (χ4n) is 2.57. The Hall–Kier alpha value is -1.55. The van der Waals surface area contributed by atoms with E-state index in [9.17, 15) is 9.90 Å².